The summed E-state index contributed by atoms with van der Waals surface area (Å²) in [5, 5.41) is 4.38. The molecule has 0 fully saturated rings. The predicted molar refractivity (Wildman–Crippen MR) is 79.4 cm³/mol. The standard InChI is InChI=1S/C13H16N2O4S2/c1-10(11-5-3-7-19-11)14-12(16)9-15(2)21(17,18)13-6-4-8-20-13/h3-8,10H,9H2,1-2H3,(H,14,16). The molecule has 8 heteroatoms. The van der Waals surface area contributed by atoms with Crippen LogP contribution in [-0.4, -0.2) is 32.2 Å². The van der Waals surface area contributed by atoms with Gasteiger partial charge in [0, 0.05) is 7.05 Å². The van der Waals surface area contributed by atoms with Gasteiger partial charge in [-0.15, -0.1) is 11.3 Å². The Labute approximate surface area is 127 Å². The number of hydrogen-bond acceptors (Lipinski definition) is 5. The quantitative estimate of drug-likeness (QED) is 0.877. The highest BCUT2D eigenvalue weighted by atomic mass is 32.2. The molecule has 6 nitrogen and oxygen atoms in total. The highest BCUT2D eigenvalue weighted by Crippen LogP contribution is 2.19. The maximum absolute atomic E-state index is 12.2. The number of carbonyl (C=O) groups excluding carboxylic acids is 1. The van der Waals surface area contributed by atoms with Crippen LogP contribution in [0.15, 0.2) is 44.5 Å². The molecule has 114 valence electrons. The number of hydrogen-bond donors (Lipinski definition) is 1. The van der Waals surface area contributed by atoms with Crippen molar-refractivity contribution in [1.29, 1.82) is 0 Å². The lowest BCUT2D eigenvalue weighted by molar-refractivity contribution is -0.121. The van der Waals surface area contributed by atoms with Crippen LogP contribution in [0.3, 0.4) is 0 Å². The number of amides is 1. The van der Waals surface area contributed by atoms with Crippen LogP contribution in [0, 0.1) is 0 Å². The molecule has 0 saturated heterocycles. The number of likely N-dealkylation sites (N-methyl/N-ethyl adjacent to an activating group) is 1. The molecular formula is C13H16N2O4S2. The Morgan fingerprint density at radius 3 is 2.76 bits per heavy atom. The van der Waals surface area contributed by atoms with Gasteiger partial charge in [-0.25, -0.2) is 8.42 Å². The van der Waals surface area contributed by atoms with Crippen molar-refractivity contribution in [3.8, 4) is 0 Å². The average Bonchev–Trinajstić information content (AvgIpc) is 3.12. The molecule has 0 aliphatic heterocycles. The van der Waals surface area contributed by atoms with Gasteiger partial charge in [-0.2, -0.15) is 4.31 Å². The second-order valence-corrected chi connectivity index (χ2v) is 7.72. The Morgan fingerprint density at radius 1 is 1.43 bits per heavy atom. The molecule has 0 spiro atoms. The molecule has 1 N–H and O–H groups in total. The summed E-state index contributed by atoms with van der Waals surface area (Å²) < 4.78 is 30.8. The topological polar surface area (TPSA) is 79.6 Å². The fourth-order valence-corrected chi connectivity index (χ4v) is 4.08. The molecule has 0 radical (unpaired) electrons. The van der Waals surface area contributed by atoms with Gasteiger partial charge in [0.25, 0.3) is 10.0 Å². The van der Waals surface area contributed by atoms with Gasteiger partial charge in [0.15, 0.2) is 0 Å². The first-order chi connectivity index (χ1) is 9.91. The number of furan rings is 1. The summed E-state index contributed by atoms with van der Waals surface area (Å²) in [6.07, 6.45) is 1.52. The van der Waals surface area contributed by atoms with Crippen molar-refractivity contribution in [2.75, 3.05) is 13.6 Å². The summed E-state index contributed by atoms with van der Waals surface area (Å²) in [4.78, 5) is 11.9. The van der Waals surface area contributed by atoms with E-state index in [0.717, 1.165) is 15.6 Å². The minimum absolute atomic E-state index is 0.219. The summed E-state index contributed by atoms with van der Waals surface area (Å²) >= 11 is 1.12. The van der Waals surface area contributed by atoms with Crippen LogP contribution in [0.5, 0.6) is 0 Å². The van der Waals surface area contributed by atoms with Crippen LogP contribution in [-0.2, 0) is 14.8 Å². The molecule has 1 unspecified atom stereocenters. The molecule has 2 rings (SSSR count). The second kappa shape index (κ2) is 6.42. The van der Waals surface area contributed by atoms with Gasteiger partial charge in [-0.05, 0) is 30.5 Å². The first kappa shape index (κ1) is 15.7. The molecule has 1 atom stereocenters. The maximum atomic E-state index is 12.2. The molecule has 0 saturated carbocycles. The van der Waals surface area contributed by atoms with Gasteiger partial charge in [0.1, 0.15) is 9.97 Å². The summed E-state index contributed by atoms with van der Waals surface area (Å²) in [5.74, 6) is 0.230. The summed E-state index contributed by atoms with van der Waals surface area (Å²) in [7, 11) is -2.23. The van der Waals surface area contributed by atoms with E-state index in [2.05, 4.69) is 5.32 Å². The fraction of sp³-hybridized carbons (Fsp3) is 0.308. The van der Waals surface area contributed by atoms with Crippen LogP contribution in [0.1, 0.15) is 18.7 Å². The van der Waals surface area contributed by atoms with E-state index < -0.39 is 10.0 Å². The van der Waals surface area contributed by atoms with E-state index in [1.165, 1.54) is 19.4 Å². The molecule has 0 bridgehead atoms. The lowest BCUT2D eigenvalue weighted by atomic mass is 10.2. The largest absolute Gasteiger partial charge is 0.467 e. The van der Waals surface area contributed by atoms with Gasteiger partial charge in [-0.3, -0.25) is 4.79 Å². The Hall–Kier alpha value is -1.64. The predicted octanol–water partition coefficient (Wildman–Crippen LogP) is 1.84. The lowest BCUT2D eigenvalue weighted by Crippen LogP contribution is -2.39. The van der Waals surface area contributed by atoms with E-state index in [-0.39, 0.29) is 22.7 Å². The van der Waals surface area contributed by atoms with E-state index in [9.17, 15) is 13.2 Å². The van der Waals surface area contributed by atoms with Crippen LogP contribution in [0.2, 0.25) is 0 Å². The van der Waals surface area contributed by atoms with E-state index in [0.29, 0.717) is 5.76 Å². The molecule has 0 aromatic carbocycles. The van der Waals surface area contributed by atoms with E-state index in [1.807, 2.05) is 0 Å². The van der Waals surface area contributed by atoms with Crippen molar-refractivity contribution in [1.82, 2.24) is 9.62 Å². The van der Waals surface area contributed by atoms with Crippen molar-refractivity contribution in [2.24, 2.45) is 0 Å². The zero-order chi connectivity index (χ0) is 15.5. The maximum Gasteiger partial charge on any atom is 0.252 e. The van der Waals surface area contributed by atoms with Crippen molar-refractivity contribution >= 4 is 27.3 Å². The number of carbonyl (C=O) groups is 1. The first-order valence-corrected chi connectivity index (χ1v) is 8.56. The van der Waals surface area contributed by atoms with Gasteiger partial charge >= 0.3 is 0 Å². The molecule has 2 heterocycles. The van der Waals surface area contributed by atoms with Crippen molar-refractivity contribution in [3.63, 3.8) is 0 Å². The Morgan fingerprint density at radius 2 is 2.19 bits per heavy atom. The summed E-state index contributed by atoms with van der Waals surface area (Å²) in [6.45, 7) is 1.52. The number of sulfonamides is 1. The SMILES string of the molecule is CC(NC(=O)CN(C)S(=O)(=O)c1cccs1)c1ccco1. The highest BCUT2D eigenvalue weighted by molar-refractivity contribution is 7.91. The smallest absolute Gasteiger partial charge is 0.252 e. The molecule has 0 aliphatic rings. The van der Waals surface area contributed by atoms with Crippen LogP contribution >= 0.6 is 11.3 Å². The number of nitrogens with one attached hydrogen (secondary N) is 1. The fourth-order valence-electron chi connectivity index (χ4n) is 1.75. The minimum Gasteiger partial charge on any atom is -0.467 e. The average molecular weight is 328 g/mol. The van der Waals surface area contributed by atoms with Gasteiger partial charge in [0.05, 0.1) is 18.8 Å². The van der Waals surface area contributed by atoms with E-state index >= 15 is 0 Å². The monoisotopic (exact) mass is 328 g/mol. The Kier molecular flexibility index (Phi) is 4.81. The van der Waals surface area contributed by atoms with Crippen molar-refractivity contribution in [2.45, 2.75) is 17.2 Å². The van der Waals surface area contributed by atoms with Gasteiger partial charge < -0.3 is 9.73 Å². The third kappa shape index (κ3) is 3.72. The normalized spacial score (nSPS) is 13.3. The molecule has 2 aromatic heterocycles. The van der Waals surface area contributed by atoms with Crippen LogP contribution in [0.4, 0.5) is 0 Å². The number of nitrogens with zero attached hydrogens (tertiary/aromatic N) is 1. The molecule has 2 aromatic rings. The first-order valence-electron chi connectivity index (χ1n) is 6.24. The van der Waals surface area contributed by atoms with Crippen LogP contribution < -0.4 is 5.32 Å². The minimum atomic E-state index is -3.61. The Balaban J connectivity index is 1.96. The van der Waals surface area contributed by atoms with Gasteiger partial charge in [-0.1, -0.05) is 6.07 Å². The van der Waals surface area contributed by atoms with Crippen molar-refractivity contribution < 1.29 is 17.6 Å². The molecule has 21 heavy (non-hydrogen) atoms. The molecule has 1 amide bonds. The zero-order valence-corrected chi connectivity index (χ0v) is 13.3. The second-order valence-electron chi connectivity index (χ2n) is 4.50. The van der Waals surface area contributed by atoms with Gasteiger partial charge in [0.2, 0.25) is 5.91 Å². The van der Waals surface area contributed by atoms with Crippen LogP contribution in [0.25, 0.3) is 0 Å². The zero-order valence-electron chi connectivity index (χ0n) is 11.6. The Bertz CT molecular complexity index is 678. The van der Waals surface area contributed by atoms with Crippen molar-refractivity contribution in [3.05, 3.63) is 41.7 Å². The summed E-state index contributed by atoms with van der Waals surface area (Å²) in [5.41, 5.74) is 0. The molecule has 0 aliphatic carbocycles. The molecular weight excluding hydrogens is 312 g/mol. The number of rotatable bonds is 6. The van der Waals surface area contributed by atoms with E-state index in [4.69, 9.17) is 4.42 Å². The summed E-state index contributed by atoms with van der Waals surface area (Å²) in [6, 6.07) is 6.33. The lowest BCUT2D eigenvalue weighted by Gasteiger charge is -2.17. The van der Waals surface area contributed by atoms with E-state index in [1.54, 1.807) is 30.5 Å². The third-order valence-electron chi connectivity index (χ3n) is 2.87. The number of thiophene rings is 1. The third-order valence-corrected chi connectivity index (χ3v) is 6.05. The highest BCUT2D eigenvalue weighted by Gasteiger charge is 2.24.